The van der Waals surface area contributed by atoms with Gasteiger partial charge in [-0.25, -0.2) is 0 Å². The third-order valence-electron chi connectivity index (χ3n) is 4.25. The average Bonchev–Trinajstić information content (AvgIpc) is 2.51. The fourth-order valence-corrected chi connectivity index (χ4v) is 3.25. The van der Waals surface area contributed by atoms with Gasteiger partial charge in [0, 0.05) is 23.1 Å². The number of rotatable bonds is 10. The molecule has 1 aromatic rings. The second-order valence-electron chi connectivity index (χ2n) is 5.70. The molecule has 0 amide bonds. The topological polar surface area (TPSA) is 15.3 Å². The molecule has 0 saturated heterocycles. The average molecular weight is 355 g/mol. The molecule has 21 heavy (non-hydrogen) atoms. The summed E-state index contributed by atoms with van der Waals surface area (Å²) >= 11 is 3.70. The molecule has 1 aromatic carbocycles. The summed E-state index contributed by atoms with van der Waals surface area (Å²) in [5, 5.41) is 3.71. The van der Waals surface area contributed by atoms with Gasteiger partial charge in [0.1, 0.15) is 0 Å². The van der Waals surface area contributed by atoms with E-state index in [9.17, 15) is 0 Å². The first kappa shape index (κ1) is 18.7. The van der Waals surface area contributed by atoms with Crippen LogP contribution in [-0.4, -0.2) is 30.6 Å². The zero-order valence-corrected chi connectivity index (χ0v) is 15.6. The van der Waals surface area contributed by atoms with Crippen LogP contribution in [-0.2, 0) is 0 Å². The maximum Gasteiger partial charge on any atom is 0.0343 e. The number of nitrogens with zero attached hydrogens (tertiary/aromatic N) is 1. The zero-order chi connectivity index (χ0) is 15.7. The van der Waals surface area contributed by atoms with Crippen LogP contribution in [0.3, 0.4) is 0 Å². The highest BCUT2D eigenvalue weighted by molar-refractivity contribution is 9.10. The van der Waals surface area contributed by atoms with E-state index in [2.05, 4.69) is 78.1 Å². The molecule has 1 rings (SSSR count). The smallest absolute Gasteiger partial charge is 0.0343 e. The van der Waals surface area contributed by atoms with Gasteiger partial charge in [0.2, 0.25) is 0 Å². The molecule has 0 heterocycles. The van der Waals surface area contributed by atoms with Crippen molar-refractivity contribution in [3.05, 3.63) is 34.3 Å². The molecule has 0 aromatic heterocycles. The van der Waals surface area contributed by atoms with Gasteiger partial charge in [0.15, 0.2) is 0 Å². The highest BCUT2D eigenvalue weighted by atomic mass is 79.9. The van der Waals surface area contributed by atoms with Crippen molar-refractivity contribution in [1.82, 2.24) is 10.2 Å². The van der Waals surface area contributed by atoms with Crippen molar-refractivity contribution in [1.29, 1.82) is 0 Å². The van der Waals surface area contributed by atoms with E-state index in [1.165, 1.54) is 22.9 Å². The maximum atomic E-state index is 3.71. The van der Waals surface area contributed by atoms with Crippen LogP contribution in [0.2, 0.25) is 0 Å². The maximum absolute atomic E-state index is 3.71. The predicted molar refractivity (Wildman–Crippen MR) is 96.8 cm³/mol. The Hall–Kier alpha value is -0.380. The van der Waals surface area contributed by atoms with Gasteiger partial charge in [-0.3, -0.25) is 0 Å². The molecule has 0 aliphatic heterocycles. The van der Waals surface area contributed by atoms with Crippen molar-refractivity contribution in [2.75, 3.05) is 19.6 Å². The van der Waals surface area contributed by atoms with Crippen molar-refractivity contribution < 1.29 is 0 Å². The van der Waals surface area contributed by atoms with Gasteiger partial charge in [-0.1, -0.05) is 54.9 Å². The lowest BCUT2D eigenvalue weighted by Gasteiger charge is -2.29. The summed E-state index contributed by atoms with van der Waals surface area (Å²) in [5.74, 6) is 0. The Morgan fingerprint density at radius 2 is 1.90 bits per heavy atom. The second-order valence-corrected chi connectivity index (χ2v) is 6.56. The van der Waals surface area contributed by atoms with Gasteiger partial charge < -0.3 is 10.2 Å². The lowest BCUT2D eigenvalue weighted by atomic mass is 10.0. The molecule has 0 aliphatic carbocycles. The van der Waals surface area contributed by atoms with Crippen molar-refractivity contribution in [2.24, 2.45) is 0 Å². The summed E-state index contributed by atoms with van der Waals surface area (Å²) in [7, 11) is 0. The van der Waals surface area contributed by atoms with Gasteiger partial charge in [-0.05, 0) is 50.9 Å². The van der Waals surface area contributed by atoms with Gasteiger partial charge in [0.05, 0.1) is 0 Å². The molecule has 0 fully saturated rings. The molecule has 1 N–H and O–H groups in total. The van der Waals surface area contributed by atoms with Crippen molar-refractivity contribution in [3.63, 3.8) is 0 Å². The minimum Gasteiger partial charge on any atom is -0.310 e. The van der Waals surface area contributed by atoms with Crippen LogP contribution >= 0.6 is 15.9 Å². The third kappa shape index (κ3) is 6.09. The van der Waals surface area contributed by atoms with E-state index in [-0.39, 0.29) is 0 Å². The minimum atomic E-state index is 0.429. The molecule has 0 aliphatic rings. The van der Waals surface area contributed by atoms with E-state index in [0.717, 1.165) is 26.1 Å². The van der Waals surface area contributed by atoms with E-state index >= 15 is 0 Å². The fourth-order valence-electron chi connectivity index (χ4n) is 2.69. The Kier molecular flexibility index (Phi) is 9.21. The number of hydrogen-bond acceptors (Lipinski definition) is 2. The summed E-state index contributed by atoms with van der Waals surface area (Å²) in [6, 6.07) is 9.69. The van der Waals surface area contributed by atoms with Crippen LogP contribution < -0.4 is 5.32 Å². The first-order valence-corrected chi connectivity index (χ1v) is 9.15. The molecule has 2 atom stereocenters. The van der Waals surface area contributed by atoms with E-state index < -0.39 is 0 Å². The zero-order valence-electron chi connectivity index (χ0n) is 14.0. The van der Waals surface area contributed by atoms with Crippen LogP contribution in [0.5, 0.6) is 0 Å². The van der Waals surface area contributed by atoms with Crippen molar-refractivity contribution >= 4 is 15.9 Å². The molecule has 3 heteroatoms. The fraction of sp³-hybridized carbons (Fsp3) is 0.667. The van der Waals surface area contributed by atoms with E-state index in [0.29, 0.717) is 12.1 Å². The molecule has 0 spiro atoms. The summed E-state index contributed by atoms with van der Waals surface area (Å²) in [4.78, 5) is 2.58. The van der Waals surface area contributed by atoms with Crippen LogP contribution in [0.1, 0.15) is 58.6 Å². The standard InChI is InChI=1S/C18H31BrN2/c1-5-13-20-18(16-10-8-9-11-17(16)19)12-14-21(7-3)15(4)6-2/h8-11,15,18,20H,5-7,12-14H2,1-4H3. The molecule has 2 nitrogen and oxygen atoms in total. The lowest BCUT2D eigenvalue weighted by Crippen LogP contribution is -2.35. The van der Waals surface area contributed by atoms with Gasteiger partial charge in [-0.15, -0.1) is 0 Å². The van der Waals surface area contributed by atoms with Gasteiger partial charge in [-0.2, -0.15) is 0 Å². The first-order chi connectivity index (χ1) is 10.1. The van der Waals surface area contributed by atoms with E-state index in [4.69, 9.17) is 0 Å². The Morgan fingerprint density at radius 1 is 1.19 bits per heavy atom. The van der Waals surface area contributed by atoms with Gasteiger partial charge >= 0.3 is 0 Å². The Bertz CT molecular complexity index is 395. The highest BCUT2D eigenvalue weighted by Gasteiger charge is 2.16. The Labute approximate surface area is 139 Å². The summed E-state index contributed by atoms with van der Waals surface area (Å²) in [6.45, 7) is 12.4. The van der Waals surface area contributed by atoms with E-state index in [1.54, 1.807) is 0 Å². The van der Waals surface area contributed by atoms with Crippen LogP contribution in [0.25, 0.3) is 0 Å². The normalized spacial score (nSPS) is 14.4. The summed E-state index contributed by atoms with van der Waals surface area (Å²) < 4.78 is 1.21. The molecule has 0 radical (unpaired) electrons. The summed E-state index contributed by atoms with van der Waals surface area (Å²) in [5.41, 5.74) is 1.38. The van der Waals surface area contributed by atoms with E-state index in [1.807, 2.05) is 0 Å². The highest BCUT2D eigenvalue weighted by Crippen LogP contribution is 2.26. The van der Waals surface area contributed by atoms with Gasteiger partial charge in [0.25, 0.3) is 0 Å². The lowest BCUT2D eigenvalue weighted by molar-refractivity contribution is 0.203. The minimum absolute atomic E-state index is 0.429. The van der Waals surface area contributed by atoms with Crippen LogP contribution in [0.15, 0.2) is 28.7 Å². The molecular formula is C18H31BrN2. The molecule has 120 valence electrons. The Balaban J connectivity index is 2.72. The van der Waals surface area contributed by atoms with Crippen molar-refractivity contribution in [3.8, 4) is 0 Å². The Morgan fingerprint density at radius 3 is 2.48 bits per heavy atom. The molecular weight excluding hydrogens is 324 g/mol. The molecule has 0 bridgehead atoms. The largest absolute Gasteiger partial charge is 0.310 e. The molecule has 2 unspecified atom stereocenters. The number of halogens is 1. The van der Waals surface area contributed by atoms with Crippen molar-refractivity contribution in [2.45, 2.75) is 59.0 Å². The van der Waals surface area contributed by atoms with Crippen LogP contribution in [0, 0.1) is 0 Å². The molecule has 0 saturated carbocycles. The monoisotopic (exact) mass is 354 g/mol. The third-order valence-corrected chi connectivity index (χ3v) is 4.97. The van der Waals surface area contributed by atoms with Crippen LogP contribution in [0.4, 0.5) is 0 Å². The number of nitrogens with one attached hydrogen (secondary N) is 1. The summed E-state index contributed by atoms with van der Waals surface area (Å²) in [6.07, 6.45) is 3.54. The SMILES string of the molecule is CCCNC(CCN(CC)C(C)CC)c1ccccc1Br. The number of benzene rings is 1. The second kappa shape index (κ2) is 10.4. The predicted octanol–water partition coefficient (Wildman–Crippen LogP) is 5.00. The first-order valence-electron chi connectivity index (χ1n) is 8.35. The number of hydrogen-bond donors (Lipinski definition) is 1. The quantitative estimate of drug-likeness (QED) is 0.635.